The van der Waals surface area contributed by atoms with Crippen LogP contribution in [0.2, 0.25) is 0 Å². The third-order valence-corrected chi connectivity index (χ3v) is 5.34. The van der Waals surface area contributed by atoms with E-state index in [0.29, 0.717) is 32.7 Å². The number of carbonyl (C=O) groups excluding carboxylic acids is 3. The molecule has 1 N–H and O–H groups in total. The van der Waals surface area contributed by atoms with Crippen molar-refractivity contribution in [3.8, 4) is 0 Å². The molecule has 164 valence electrons. The molecule has 0 spiro atoms. The number of hydrogen-bond donors (Lipinski definition) is 1. The molecule has 2 aliphatic rings. The number of anilines is 2. The molecule has 4 amide bonds. The van der Waals surface area contributed by atoms with Crippen molar-refractivity contribution in [2.75, 3.05) is 42.5 Å². The molecule has 4 rings (SSSR count). The summed E-state index contributed by atoms with van der Waals surface area (Å²) in [6.45, 7) is 8.34. The van der Waals surface area contributed by atoms with E-state index >= 15 is 0 Å². The molecular weight excluding hydrogens is 398 g/mol. The molecule has 0 atom stereocenters. The molecular formula is C22H27N5O4. The number of nitrogens with one attached hydrogen (secondary N) is 1. The van der Waals surface area contributed by atoms with Gasteiger partial charge in [0.2, 0.25) is 5.91 Å². The Hall–Kier alpha value is -3.36. The van der Waals surface area contributed by atoms with Gasteiger partial charge in [-0.15, -0.1) is 0 Å². The fraction of sp³-hybridized carbons (Fsp3) is 0.455. The zero-order chi connectivity index (χ0) is 22.2. The number of hydrogen-bond acceptors (Lipinski definition) is 6. The zero-order valence-corrected chi connectivity index (χ0v) is 18.1. The molecule has 9 nitrogen and oxygen atoms in total. The molecule has 1 aromatic carbocycles. The molecule has 2 saturated heterocycles. The smallest absolute Gasteiger partial charge is 0.410 e. The lowest BCUT2D eigenvalue weighted by atomic mass is 10.1. The number of nitrogens with zero attached hydrogens (tertiary/aromatic N) is 4. The Morgan fingerprint density at radius 3 is 2.45 bits per heavy atom. The van der Waals surface area contributed by atoms with Crippen LogP contribution in [0.5, 0.6) is 0 Å². The quantitative estimate of drug-likeness (QED) is 0.795. The number of carbonyl (C=O) groups is 3. The first-order valence-corrected chi connectivity index (χ1v) is 10.4. The minimum absolute atomic E-state index is 0.261. The number of benzene rings is 1. The number of piperazine rings is 1. The van der Waals surface area contributed by atoms with E-state index in [9.17, 15) is 14.4 Å². The molecule has 2 aliphatic heterocycles. The highest BCUT2D eigenvalue weighted by Gasteiger charge is 2.28. The van der Waals surface area contributed by atoms with Gasteiger partial charge in [-0.3, -0.25) is 20.0 Å². The Balaban J connectivity index is 1.55. The van der Waals surface area contributed by atoms with Crippen LogP contribution in [0, 0.1) is 0 Å². The maximum absolute atomic E-state index is 12.3. The number of para-hydroxylation sites is 1. The second kappa shape index (κ2) is 8.05. The van der Waals surface area contributed by atoms with Crippen LogP contribution in [-0.2, 0) is 9.53 Å². The first kappa shape index (κ1) is 20.9. The lowest BCUT2D eigenvalue weighted by Gasteiger charge is -2.37. The van der Waals surface area contributed by atoms with Crippen LogP contribution < -0.4 is 15.1 Å². The summed E-state index contributed by atoms with van der Waals surface area (Å²) in [7, 11) is 0. The van der Waals surface area contributed by atoms with Crippen molar-refractivity contribution < 1.29 is 19.1 Å². The summed E-state index contributed by atoms with van der Waals surface area (Å²) in [5.74, 6) is -0.261. The first-order valence-electron chi connectivity index (χ1n) is 10.4. The van der Waals surface area contributed by atoms with E-state index in [-0.39, 0.29) is 18.4 Å². The normalized spacial score (nSPS) is 17.7. The molecule has 2 fully saturated rings. The van der Waals surface area contributed by atoms with Gasteiger partial charge in [-0.1, -0.05) is 12.1 Å². The standard InChI is InChI=1S/C22H27N5O4/c1-22(2,3)31-21(30)26-13-11-25(12-14-26)17-6-4-5-15-16(7-9-23-19(15)17)27-10-8-18(28)24-20(27)29/h4-7,9H,8,10-14H2,1-3H3,(H,24,28,29). The van der Waals surface area contributed by atoms with E-state index in [0.717, 1.165) is 22.3 Å². The Bertz CT molecular complexity index is 1020. The highest BCUT2D eigenvalue weighted by Crippen LogP contribution is 2.33. The van der Waals surface area contributed by atoms with Gasteiger partial charge in [0.15, 0.2) is 0 Å². The third-order valence-electron chi connectivity index (χ3n) is 5.34. The Morgan fingerprint density at radius 2 is 1.77 bits per heavy atom. The molecule has 3 heterocycles. The second-order valence-corrected chi connectivity index (χ2v) is 8.71. The molecule has 0 unspecified atom stereocenters. The number of pyridine rings is 1. The summed E-state index contributed by atoms with van der Waals surface area (Å²) in [4.78, 5) is 46.3. The highest BCUT2D eigenvalue weighted by molar-refractivity contribution is 6.10. The molecule has 0 aliphatic carbocycles. The second-order valence-electron chi connectivity index (χ2n) is 8.71. The number of rotatable bonds is 2. The monoisotopic (exact) mass is 425 g/mol. The Labute approximate surface area is 180 Å². The number of amides is 4. The maximum Gasteiger partial charge on any atom is 0.410 e. The third kappa shape index (κ3) is 4.40. The summed E-state index contributed by atoms with van der Waals surface area (Å²) in [6.07, 6.45) is 1.65. The van der Waals surface area contributed by atoms with Gasteiger partial charge < -0.3 is 14.5 Å². The van der Waals surface area contributed by atoms with Gasteiger partial charge in [-0.25, -0.2) is 9.59 Å². The topological polar surface area (TPSA) is 95.1 Å². The fourth-order valence-corrected chi connectivity index (χ4v) is 3.89. The van der Waals surface area contributed by atoms with Crippen molar-refractivity contribution in [2.24, 2.45) is 0 Å². The van der Waals surface area contributed by atoms with E-state index in [4.69, 9.17) is 4.74 Å². The van der Waals surface area contributed by atoms with Crippen molar-refractivity contribution >= 4 is 40.3 Å². The lowest BCUT2D eigenvalue weighted by Crippen LogP contribution is -2.50. The van der Waals surface area contributed by atoms with E-state index in [1.807, 2.05) is 39.0 Å². The largest absolute Gasteiger partial charge is 0.444 e. The van der Waals surface area contributed by atoms with Crippen LogP contribution in [0.25, 0.3) is 10.9 Å². The van der Waals surface area contributed by atoms with Crippen molar-refractivity contribution in [3.05, 3.63) is 30.5 Å². The number of aromatic nitrogens is 1. The Kier molecular flexibility index (Phi) is 5.43. The molecule has 0 saturated carbocycles. The number of urea groups is 1. The summed E-state index contributed by atoms with van der Waals surface area (Å²) in [5, 5.41) is 3.22. The summed E-state index contributed by atoms with van der Waals surface area (Å²) in [6, 6.07) is 7.25. The van der Waals surface area contributed by atoms with Crippen molar-refractivity contribution in [3.63, 3.8) is 0 Å². The predicted octanol–water partition coefficient (Wildman–Crippen LogP) is 2.74. The number of fused-ring (bicyclic) bond motifs is 1. The van der Waals surface area contributed by atoms with Gasteiger partial charge in [0.05, 0.1) is 16.9 Å². The summed E-state index contributed by atoms with van der Waals surface area (Å²) in [5.41, 5.74) is 1.95. The molecule has 1 aromatic heterocycles. The number of imide groups is 1. The average Bonchev–Trinajstić information content (AvgIpc) is 2.72. The molecule has 31 heavy (non-hydrogen) atoms. The highest BCUT2D eigenvalue weighted by atomic mass is 16.6. The maximum atomic E-state index is 12.3. The van der Waals surface area contributed by atoms with Gasteiger partial charge in [-0.2, -0.15) is 0 Å². The lowest BCUT2D eigenvalue weighted by molar-refractivity contribution is -0.120. The fourth-order valence-electron chi connectivity index (χ4n) is 3.89. The van der Waals surface area contributed by atoms with Crippen molar-refractivity contribution in [2.45, 2.75) is 32.8 Å². The van der Waals surface area contributed by atoms with Crippen LogP contribution >= 0.6 is 0 Å². The molecule has 0 radical (unpaired) electrons. The van der Waals surface area contributed by atoms with Gasteiger partial charge in [0, 0.05) is 50.7 Å². The van der Waals surface area contributed by atoms with Gasteiger partial charge >= 0.3 is 12.1 Å². The molecule has 2 aromatic rings. The predicted molar refractivity (Wildman–Crippen MR) is 117 cm³/mol. The van der Waals surface area contributed by atoms with Crippen LogP contribution in [0.3, 0.4) is 0 Å². The van der Waals surface area contributed by atoms with Crippen LogP contribution in [0.15, 0.2) is 30.5 Å². The van der Waals surface area contributed by atoms with E-state index < -0.39 is 11.6 Å². The zero-order valence-electron chi connectivity index (χ0n) is 18.1. The van der Waals surface area contributed by atoms with Crippen LogP contribution in [-0.4, -0.2) is 66.2 Å². The summed E-state index contributed by atoms with van der Waals surface area (Å²) < 4.78 is 5.48. The summed E-state index contributed by atoms with van der Waals surface area (Å²) >= 11 is 0. The SMILES string of the molecule is CC(C)(C)OC(=O)N1CCN(c2cccc3c(N4CCC(=O)NC4=O)ccnc23)CC1. The van der Waals surface area contributed by atoms with E-state index in [1.54, 1.807) is 22.1 Å². The first-order chi connectivity index (χ1) is 14.7. The van der Waals surface area contributed by atoms with Gasteiger partial charge in [0.1, 0.15) is 5.60 Å². The number of ether oxygens (including phenoxy) is 1. The van der Waals surface area contributed by atoms with Crippen LogP contribution in [0.4, 0.5) is 21.0 Å². The van der Waals surface area contributed by atoms with Crippen LogP contribution in [0.1, 0.15) is 27.2 Å². The van der Waals surface area contributed by atoms with Crippen molar-refractivity contribution in [1.29, 1.82) is 0 Å². The van der Waals surface area contributed by atoms with Gasteiger partial charge in [-0.05, 0) is 32.9 Å². The molecule has 9 heteroatoms. The van der Waals surface area contributed by atoms with Gasteiger partial charge in [0.25, 0.3) is 0 Å². The van der Waals surface area contributed by atoms with Crippen molar-refractivity contribution in [1.82, 2.24) is 15.2 Å². The van der Waals surface area contributed by atoms with E-state index in [1.165, 1.54) is 0 Å². The minimum atomic E-state index is -0.518. The Morgan fingerprint density at radius 1 is 1.03 bits per heavy atom. The minimum Gasteiger partial charge on any atom is -0.444 e. The van der Waals surface area contributed by atoms with E-state index in [2.05, 4.69) is 15.2 Å². The molecule has 0 bridgehead atoms. The average molecular weight is 425 g/mol.